The summed E-state index contributed by atoms with van der Waals surface area (Å²) in [6, 6.07) is 4.12. The monoisotopic (exact) mass is 233 g/mol. The van der Waals surface area contributed by atoms with Crippen molar-refractivity contribution >= 4 is 5.97 Å². The van der Waals surface area contributed by atoms with Crippen molar-refractivity contribution in [1.29, 1.82) is 0 Å². The maximum Gasteiger partial charge on any atom is 0.314 e. The number of carbonyl (C=O) groups is 1. The molecule has 92 valence electrons. The molecule has 1 aliphatic rings. The molecule has 3 N–H and O–H groups in total. The van der Waals surface area contributed by atoms with Gasteiger partial charge in [0.05, 0.1) is 5.41 Å². The van der Waals surface area contributed by atoms with Crippen LogP contribution in [0.5, 0.6) is 0 Å². The molecule has 0 unspecified atom stereocenters. The summed E-state index contributed by atoms with van der Waals surface area (Å²) in [5, 5.41) is 9.52. The Kier molecular flexibility index (Phi) is 2.74. The summed E-state index contributed by atoms with van der Waals surface area (Å²) < 4.78 is 0. The third-order valence-electron chi connectivity index (χ3n) is 3.79. The fourth-order valence-electron chi connectivity index (χ4n) is 3.26. The van der Waals surface area contributed by atoms with Crippen LogP contribution in [0.25, 0.3) is 0 Å². The number of aliphatic carboxylic acids is 1. The van der Waals surface area contributed by atoms with Crippen LogP contribution >= 0.6 is 0 Å². The number of hydrogen-bond acceptors (Lipinski definition) is 2. The van der Waals surface area contributed by atoms with Crippen LogP contribution in [-0.4, -0.2) is 17.1 Å². The summed E-state index contributed by atoms with van der Waals surface area (Å²) in [5.74, 6) is -0.741. The number of hydrogen-bond donors (Lipinski definition) is 2. The van der Waals surface area contributed by atoms with Gasteiger partial charge in [0.2, 0.25) is 0 Å². The average Bonchev–Trinajstić information content (AvgIpc) is 2.12. The van der Waals surface area contributed by atoms with Gasteiger partial charge in [-0.15, -0.1) is 0 Å². The van der Waals surface area contributed by atoms with Crippen molar-refractivity contribution in [2.45, 2.75) is 45.1 Å². The van der Waals surface area contributed by atoms with E-state index in [9.17, 15) is 9.90 Å². The minimum Gasteiger partial charge on any atom is -0.481 e. The van der Waals surface area contributed by atoms with Gasteiger partial charge in [0.15, 0.2) is 0 Å². The summed E-state index contributed by atoms with van der Waals surface area (Å²) >= 11 is 0. The average molecular weight is 233 g/mol. The van der Waals surface area contributed by atoms with E-state index in [0.717, 1.165) is 16.7 Å². The first-order chi connectivity index (χ1) is 7.86. The molecule has 3 nitrogen and oxygen atoms in total. The van der Waals surface area contributed by atoms with Crippen LogP contribution in [-0.2, 0) is 10.2 Å². The zero-order valence-corrected chi connectivity index (χ0v) is 10.6. The summed E-state index contributed by atoms with van der Waals surface area (Å²) in [6.07, 6.45) is 1.10. The molecule has 1 saturated carbocycles. The Morgan fingerprint density at radius 3 is 2.12 bits per heavy atom. The van der Waals surface area contributed by atoms with E-state index in [2.05, 4.69) is 12.1 Å². The number of aryl methyl sites for hydroxylation is 3. The molecule has 0 radical (unpaired) electrons. The molecule has 1 aliphatic carbocycles. The predicted molar refractivity (Wildman–Crippen MR) is 67.2 cm³/mol. The number of rotatable bonds is 2. The fourth-order valence-corrected chi connectivity index (χ4v) is 3.26. The van der Waals surface area contributed by atoms with Crippen molar-refractivity contribution in [2.75, 3.05) is 0 Å². The first kappa shape index (κ1) is 12.1. The van der Waals surface area contributed by atoms with Crippen LogP contribution < -0.4 is 5.73 Å². The van der Waals surface area contributed by atoms with Crippen molar-refractivity contribution in [1.82, 2.24) is 0 Å². The molecule has 0 bridgehead atoms. The maximum absolute atomic E-state index is 11.6. The molecule has 1 aromatic rings. The summed E-state index contributed by atoms with van der Waals surface area (Å²) in [4.78, 5) is 11.6. The van der Waals surface area contributed by atoms with E-state index < -0.39 is 11.4 Å². The van der Waals surface area contributed by atoms with E-state index in [-0.39, 0.29) is 6.04 Å². The van der Waals surface area contributed by atoms with Gasteiger partial charge in [-0.2, -0.15) is 0 Å². The van der Waals surface area contributed by atoms with Crippen molar-refractivity contribution in [3.05, 3.63) is 34.4 Å². The van der Waals surface area contributed by atoms with E-state index in [1.54, 1.807) is 0 Å². The zero-order chi connectivity index (χ0) is 12.8. The van der Waals surface area contributed by atoms with Crippen LogP contribution in [0.4, 0.5) is 0 Å². The predicted octanol–water partition coefficient (Wildman–Crippen LogP) is 2.06. The highest BCUT2D eigenvalue weighted by Gasteiger charge is 2.51. The Balaban J connectivity index is 2.56. The minimum absolute atomic E-state index is 0.0196. The van der Waals surface area contributed by atoms with Gasteiger partial charge in [0.1, 0.15) is 0 Å². The molecule has 0 spiro atoms. The number of nitrogens with two attached hydrogens (primary N) is 1. The van der Waals surface area contributed by atoms with E-state index in [0.29, 0.717) is 12.8 Å². The van der Waals surface area contributed by atoms with Crippen LogP contribution in [0, 0.1) is 20.8 Å². The molecule has 1 aromatic carbocycles. The van der Waals surface area contributed by atoms with Crippen molar-refractivity contribution in [2.24, 2.45) is 5.73 Å². The molecule has 0 saturated heterocycles. The van der Waals surface area contributed by atoms with Gasteiger partial charge < -0.3 is 10.8 Å². The van der Waals surface area contributed by atoms with E-state index >= 15 is 0 Å². The Bertz CT molecular complexity index is 450. The lowest BCUT2D eigenvalue weighted by atomic mass is 9.60. The third kappa shape index (κ3) is 1.75. The lowest BCUT2D eigenvalue weighted by Gasteiger charge is -2.44. The van der Waals surface area contributed by atoms with Crippen LogP contribution in [0.1, 0.15) is 35.1 Å². The van der Waals surface area contributed by atoms with Crippen molar-refractivity contribution in [3.63, 3.8) is 0 Å². The lowest BCUT2D eigenvalue weighted by molar-refractivity contribution is -0.148. The zero-order valence-electron chi connectivity index (χ0n) is 10.6. The Morgan fingerprint density at radius 1 is 1.29 bits per heavy atom. The quantitative estimate of drug-likeness (QED) is 0.821. The molecular formula is C14H19NO2. The maximum atomic E-state index is 11.6. The van der Waals surface area contributed by atoms with Gasteiger partial charge in [0, 0.05) is 6.04 Å². The van der Waals surface area contributed by atoms with Crippen molar-refractivity contribution in [3.8, 4) is 0 Å². The molecular weight excluding hydrogens is 214 g/mol. The first-order valence-electron chi connectivity index (χ1n) is 5.94. The fraction of sp³-hybridized carbons (Fsp3) is 0.500. The van der Waals surface area contributed by atoms with Gasteiger partial charge >= 0.3 is 5.97 Å². The number of carboxylic acid groups (broad SMARTS) is 1. The third-order valence-corrected chi connectivity index (χ3v) is 3.79. The largest absolute Gasteiger partial charge is 0.481 e. The molecule has 0 atom stereocenters. The molecule has 0 heterocycles. The van der Waals surface area contributed by atoms with E-state index in [4.69, 9.17) is 5.73 Å². The normalized spacial score (nSPS) is 27.6. The molecule has 17 heavy (non-hydrogen) atoms. The number of benzene rings is 1. The summed E-state index contributed by atoms with van der Waals surface area (Å²) in [7, 11) is 0. The van der Waals surface area contributed by atoms with Crippen LogP contribution in [0.15, 0.2) is 12.1 Å². The van der Waals surface area contributed by atoms with E-state index in [1.165, 1.54) is 5.56 Å². The minimum atomic E-state index is -0.749. The van der Waals surface area contributed by atoms with Gasteiger partial charge in [-0.05, 0) is 50.3 Å². The number of carboxylic acids is 1. The second kappa shape index (κ2) is 3.84. The molecule has 0 amide bonds. The molecule has 0 aromatic heterocycles. The highest BCUT2D eigenvalue weighted by Crippen LogP contribution is 2.46. The van der Waals surface area contributed by atoms with Gasteiger partial charge in [-0.1, -0.05) is 17.7 Å². The first-order valence-corrected chi connectivity index (χ1v) is 5.94. The Morgan fingerprint density at radius 2 is 1.76 bits per heavy atom. The molecule has 3 heteroatoms. The summed E-state index contributed by atoms with van der Waals surface area (Å²) in [5.41, 5.74) is 9.32. The molecule has 1 fully saturated rings. The SMILES string of the molecule is Cc1cc(C)c(C2(C(=O)O)CC(N)C2)c(C)c1. The Hall–Kier alpha value is -1.35. The standard InChI is InChI=1S/C14H19NO2/c1-8-4-9(2)12(10(3)5-8)14(13(16)17)6-11(15)7-14/h4-5,11H,6-7,15H2,1-3H3,(H,16,17). The van der Waals surface area contributed by atoms with E-state index in [1.807, 2.05) is 20.8 Å². The lowest BCUT2D eigenvalue weighted by Crippen LogP contribution is -2.54. The van der Waals surface area contributed by atoms with Gasteiger partial charge in [0.25, 0.3) is 0 Å². The summed E-state index contributed by atoms with van der Waals surface area (Å²) in [6.45, 7) is 6.01. The van der Waals surface area contributed by atoms with Gasteiger partial charge in [-0.3, -0.25) is 4.79 Å². The highest BCUT2D eigenvalue weighted by molar-refractivity contribution is 5.84. The smallest absolute Gasteiger partial charge is 0.314 e. The molecule has 0 aliphatic heterocycles. The Labute approximate surface area is 102 Å². The van der Waals surface area contributed by atoms with Gasteiger partial charge in [-0.25, -0.2) is 0 Å². The highest BCUT2D eigenvalue weighted by atomic mass is 16.4. The topological polar surface area (TPSA) is 63.3 Å². The van der Waals surface area contributed by atoms with Crippen molar-refractivity contribution < 1.29 is 9.90 Å². The van der Waals surface area contributed by atoms with Crippen LogP contribution in [0.2, 0.25) is 0 Å². The molecule has 2 rings (SSSR count). The second-order valence-corrected chi connectivity index (χ2v) is 5.33. The van der Waals surface area contributed by atoms with Crippen LogP contribution in [0.3, 0.4) is 0 Å². The second-order valence-electron chi connectivity index (χ2n) is 5.33.